The van der Waals surface area contributed by atoms with E-state index in [9.17, 15) is 4.79 Å². The van der Waals surface area contributed by atoms with Crippen LogP contribution >= 0.6 is 0 Å². The molecule has 0 radical (unpaired) electrons. The Kier molecular flexibility index (Phi) is 3.98. The van der Waals surface area contributed by atoms with Crippen LogP contribution in [0.2, 0.25) is 0 Å². The molecule has 0 spiro atoms. The van der Waals surface area contributed by atoms with Gasteiger partial charge >= 0.3 is 0 Å². The molecule has 2 aromatic rings. The minimum atomic E-state index is -0.211. The van der Waals surface area contributed by atoms with Crippen molar-refractivity contribution in [3.05, 3.63) is 52.5 Å². The molecule has 1 heterocycles. The van der Waals surface area contributed by atoms with Crippen molar-refractivity contribution in [1.82, 2.24) is 10.2 Å². The summed E-state index contributed by atoms with van der Waals surface area (Å²) in [6, 6.07) is 5.61. The molecule has 0 unspecified atom stereocenters. The summed E-state index contributed by atoms with van der Waals surface area (Å²) in [4.78, 5) is 12.0. The molecule has 0 fully saturated rings. The zero-order chi connectivity index (χ0) is 15.6. The number of rotatable bonds is 3. The first-order valence-corrected chi connectivity index (χ1v) is 6.77. The third-order valence-corrected chi connectivity index (χ3v) is 3.39. The molecule has 4 heteroatoms. The second kappa shape index (κ2) is 5.56. The van der Waals surface area contributed by atoms with E-state index in [-0.39, 0.29) is 11.0 Å². The Balaban J connectivity index is 2.79. The molecule has 0 aliphatic rings. The molecule has 21 heavy (non-hydrogen) atoms. The van der Waals surface area contributed by atoms with Gasteiger partial charge in [-0.1, -0.05) is 33.4 Å². The first-order chi connectivity index (χ1) is 9.88. The Morgan fingerprint density at radius 1 is 1.33 bits per heavy atom. The average molecular weight is 284 g/mol. The Labute approximate surface area is 124 Å². The van der Waals surface area contributed by atoms with E-state index < -0.39 is 0 Å². The lowest BCUT2D eigenvalue weighted by Gasteiger charge is -2.24. The molecule has 0 aliphatic carbocycles. The molecule has 0 atom stereocenters. The second-order valence-corrected chi connectivity index (χ2v) is 5.90. The van der Waals surface area contributed by atoms with Crippen molar-refractivity contribution in [3.63, 3.8) is 0 Å². The predicted molar refractivity (Wildman–Crippen MR) is 85.6 cm³/mol. The zero-order valence-electron chi connectivity index (χ0n) is 12.9. The van der Waals surface area contributed by atoms with Crippen LogP contribution in [0.4, 0.5) is 0 Å². The Bertz CT molecular complexity index is 724. The molecule has 0 saturated carbocycles. The van der Waals surface area contributed by atoms with Crippen molar-refractivity contribution in [1.29, 1.82) is 0 Å². The number of benzene rings is 1. The van der Waals surface area contributed by atoms with Crippen molar-refractivity contribution < 1.29 is 4.74 Å². The van der Waals surface area contributed by atoms with E-state index in [4.69, 9.17) is 4.74 Å². The minimum absolute atomic E-state index is 0.112. The number of hydrogen-bond donors (Lipinski definition) is 1. The zero-order valence-corrected chi connectivity index (χ0v) is 12.9. The molecule has 2 rings (SSSR count). The van der Waals surface area contributed by atoms with Gasteiger partial charge in [-0.2, -0.15) is 5.10 Å². The third kappa shape index (κ3) is 2.89. The Morgan fingerprint density at radius 2 is 2.05 bits per heavy atom. The van der Waals surface area contributed by atoms with Gasteiger partial charge in [0, 0.05) is 17.3 Å². The number of hydrogen-bond acceptors (Lipinski definition) is 3. The second-order valence-electron chi connectivity index (χ2n) is 5.90. The number of ether oxygens (including phenoxy) is 1. The summed E-state index contributed by atoms with van der Waals surface area (Å²) >= 11 is 0. The highest BCUT2D eigenvalue weighted by Gasteiger charge is 2.22. The van der Waals surface area contributed by atoms with Crippen molar-refractivity contribution in [3.8, 4) is 16.9 Å². The summed E-state index contributed by atoms with van der Waals surface area (Å²) in [5.41, 5.74) is 3.00. The van der Waals surface area contributed by atoms with Crippen LogP contribution in [-0.4, -0.2) is 17.3 Å². The van der Waals surface area contributed by atoms with E-state index >= 15 is 0 Å². The maximum atomic E-state index is 12.0. The van der Waals surface area contributed by atoms with Crippen LogP contribution in [0.15, 0.2) is 35.8 Å². The molecule has 0 aliphatic heterocycles. The van der Waals surface area contributed by atoms with Crippen molar-refractivity contribution in [2.24, 2.45) is 0 Å². The van der Waals surface area contributed by atoms with E-state index in [1.54, 1.807) is 25.4 Å². The number of H-pyrrole nitrogens is 1. The summed E-state index contributed by atoms with van der Waals surface area (Å²) < 4.78 is 5.55. The van der Waals surface area contributed by atoms with Crippen LogP contribution in [-0.2, 0) is 5.41 Å². The minimum Gasteiger partial charge on any atom is -0.496 e. The molecular weight excluding hydrogens is 264 g/mol. The van der Waals surface area contributed by atoms with E-state index in [2.05, 4.69) is 37.5 Å². The highest BCUT2D eigenvalue weighted by molar-refractivity contribution is 5.72. The lowest BCUT2D eigenvalue weighted by atomic mass is 9.83. The topological polar surface area (TPSA) is 55.0 Å². The van der Waals surface area contributed by atoms with Gasteiger partial charge in [-0.05, 0) is 29.2 Å². The molecule has 1 N–H and O–H groups in total. The molecule has 4 nitrogen and oxygen atoms in total. The fourth-order valence-corrected chi connectivity index (χ4v) is 2.31. The van der Waals surface area contributed by atoms with Crippen LogP contribution in [0, 0.1) is 0 Å². The third-order valence-electron chi connectivity index (χ3n) is 3.39. The van der Waals surface area contributed by atoms with Crippen molar-refractivity contribution in [2.75, 3.05) is 7.11 Å². The fourth-order valence-electron chi connectivity index (χ4n) is 2.31. The molecule has 1 aromatic carbocycles. The fraction of sp³-hybridized carbons (Fsp3) is 0.294. The lowest BCUT2D eigenvalue weighted by Crippen LogP contribution is -2.15. The SMILES string of the molecule is C=Cc1cc(-c2ccn[nH]c2=O)cc(C(C)(C)C)c1OC. The van der Waals surface area contributed by atoms with Crippen LogP contribution in [0.1, 0.15) is 31.9 Å². The predicted octanol–water partition coefficient (Wildman–Crippen LogP) is 3.39. The summed E-state index contributed by atoms with van der Waals surface area (Å²) in [5.74, 6) is 0.798. The number of nitrogens with one attached hydrogen (secondary N) is 1. The maximum absolute atomic E-state index is 12.0. The molecule has 0 amide bonds. The van der Waals surface area contributed by atoms with Gasteiger partial charge < -0.3 is 4.74 Å². The molecule has 0 bridgehead atoms. The number of methoxy groups -OCH3 is 1. The summed E-state index contributed by atoms with van der Waals surface area (Å²) in [5, 5.41) is 6.20. The first-order valence-electron chi connectivity index (χ1n) is 6.77. The molecule has 0 saturated heterocycles. The first kappa shape index (κ1) is 15.0. The van der Waals surface area contributed by atoms with Crippen LogP contribution < -0.4 is 10.3 Å². The van der Waals surface area contributed by atoms with Crippen molar-refractivity contribution in [2.45, 2.75) is 26.2 Å². The Morgan fingerprint density at radius 3 is 2.57 bits per heavy atom. The van der Waals surface area contributed by atoms with E-state index in [1.165, 1.54) is 0 Å². The summed E-state index contributed by atoms with van der Waals surface area (Å²) in [6.45, 7) is 10.2. The van der Waals surface area contributed by atoms with Gasteiger partial charge in [-0.15, -0.1) is 0 Å². The highest BCUT2D eigenvalue weighted by atomic mass is 16.5. The van der Waals surface area contributed by atoms with Crippen LogP contribution in [0.5, 0.6) is 5.75 Å². The van der Waals surface area contributed by atoms with Gasteiger partial charge in [0.15, 0.2) is 0 Å². The van der Waals surface area contributed by atoms with E-state index in [0.29, 0.717) is 5.56 Å². The highest BCUT2D eigenvalue weighted by Crippen LogP contribution is 2.37. The molecule has 1 aromatic heterocycles. The van der Waals surface area contributed by atoms with Gasteiger partial charge in [-0.3, -0.25) is 4.79 Å². The summed E-state index contributed by atoms with van der Waals surface area (Å²) in [6.07, 6.45) is 3.32. The number of nitrogens with zero attached hydrogens (tertiary/aromatic N) is 1. The van der Waals surface area contributed by atoms with E-state index in [0.717, 1.165) is 22.4 Å². The number of aromatic nitrogens is 2. The normalized spacial score (nSPS) is 11.2. The average Bonchev–Trinajstić information content (AvgIpc) is 2.45. The van der Waals surface area contributed by atoms with E-state index in [1.807, 2.05) is 12.1 Å². The van der Waals surface area contributed by atoms with Gasteiger partial charge in [0.2, 0.25) is 0 Å². The standard InChI is InChI=1S/C17H20N2O2/c1-6-11-9-12(13-7-8-18-19-16(13)20)10-14(15(11)21-5)17(2,3)4/h6-10H,1H2,2-5H3,(H,19,20). The molecule has 110 valence electrons. The van der Waals surface area contributed by atoms with Gasteiger partial charge in [0.25, 0.3) is 5.56 Å². The quantitative estimate of drug-likeness (QED) is 0.940. The van der Waals surface area contributed by atoms with Crippen molar-refractivity contribution >= 4 is 6.08 Å². The van der Waals surface area contributed by atoms with Gasteiger partial charge in [-0.25, -0.2) is 5.10 Å². The smallest absolute Gasteiger partial charge is 0.272 e. The summed E-state index contributed by atoms with van der Waals surface area (Å²) in [7, 11) is 1.65. The van der Waals surface area contributed by atoms with Crippen LogP contribution in [0.3, 0.4) is 0 Å². The monoisotopic (exact) mass is 284 g/mol. The van der Waals surface area contributed by atoms with Gasteiger partial charge in [0.05, 0.1) is 12.7 Å². The lowest BCUT2D eigenvalue weighted by molar-refractivity contribution is 0.397. The van der Waals surface area contributed by atoms with Crippen LogP contribution in [0.25, 0.3) is 17.2 Å². The largest absolute Gasteiger partial charge is 0.496 e. The maximum Gasteiger partial charge on any atom is 0.272 e. The Hall–Kier alpha value is -2.36. The van der Waals surface area contributed by atoms with Gasteiger partial charge in [0.1, 0.15) is 5.75 Å². The molecular formula is C17H20N2O2. The number of aromatic amines is 1.